The zero-order valence-corrected chi connectivity index (χ0v) is 17.3. The van der Waals surface area contributed by atoms with Gasteiger partial charge in [0.05, 0.1) is 13.2 Å². The average molecular weight is 399 g/mol. The molecule has 1 aromatic carbocycles. The zero-order chi connectivity index (χ0) is 20.2. The summed E-state index contributed by atoms with van der Waals surface area (Å²) >= 11 is 0. The minimum Gasteiger partial charge on any atom is -0.366 e. The van der Waals surface area contributed by atoms with Gasteiger partial charge in [-0.15, -0.1) is 0 Å². The fraction of sp³-hybridized carbons (Fsp3) is 0.591. The van der Waals surface area contributed by atoms with E-state index in [1.807, 2.05) is 24.8 Å². The third-order valence-corrected chi connectivity index (χ3v) is 5.80. The first-order chi connectivity index (χ1) is 14.1. The van der Waals surface area contributed by atoms with Crippen LogP contribution in [0.4, 0.5) is 0 Å². The van der Waals surface area contributed by atoms with Gasteiger partial charge in [0.15, 0.2) is 0 Å². The predicted octanol–water partition coefficient (Wildman–Crippen LogP) is 3.01. The number of carbonyl (C=O) groups is 1. The van der Waals surface area contributed by atoms with E-state index in [9.17, 15) is 4.79 Å². The first kappa shape index (κ1) is 20.0. The third kappa shape index (κ3) is 4.85. The van der Waals surface area contributed by atoms with Gasteiger partial charge in [-0.1, -0.05) is 49.3 Å². The second-order valence-electron chi connectivity index (χ2n) is 8.33. The van der Waals surface area contributed by atoms with Gasteiger partial charge in [0, 0.05) is 24.9 Å². The number of morpholine rings is 1. The molecule has 2 aliphatic rings. The van der Waals surface area contributed by atoms with Gasteiger partial charge in [-0.25, -0.2) is 0 Å². The van der Waals surface area contributed by atoms with Crippen LogP contribution in [0.1, 0.15) is 56.0 Å². The van der Waals surface area contributed by atoms with E-state index in [2.05, 4.69) is 39.3 Å². The Morgan fingerprint density at radius 2 is 1.93 bits per heavy atom. The molecule has 1 atom stereocenters. The molecule has 1 amide bonds. The lowest BCUT2D eigenvalue weighted by atomic mass is 9.94. The minimum absolute atomic E-state index is 0.0947. The highest BCUT2D eigenvalue weighted by molar-refractivity contribution is 5.79. The SMILES string of the molecule is CC(C)c1nc(C2CN(C(=O)C3CCN(Cc4ccccc4)CC3)CCO2)no1. The molecule has 156 valence electrons. The Labute approximate surface area is 172 Å². The number of nitrogens with zero attached hydrogens (tertiary/aromatic N) is 4. The molecule has 29 heavy (non-hydrogen) atoms. The van der Waals surface area contributed by atoms with E-state index in [0.29, 0.717) is 31.4 Å². The molecule has 2 aliphatic heterocycles. The van der Waals surface area contributed by atoms with Crippen LogP contribution < -0.4 is 0 Å². The van der Waals surface area contributed by atoms with Crippen molar-refractivity contribution in [1.29, 1.82) is 0 Å². The molecule has 0 radical (unpaired) electrons. The quantitative estimate of drug-likeness (QED) is 0.771. The number of hydrogen-bond acceptors (Lipinski definition) is 6. The van der Waals surface area contributed by atoms with Crippen molar-refractivity contribution >= 4 is 5.91 Å². The van der Waals surface area contributed by atoms with Crippen LogP contribution in [0.2, 0.25) is 0 Å². The summed E-state index contributed by atoms with van der Waals surface area (Å²) in [6, 6.07) is 10.5. The summed E-state index contributed by atoms with van der Waals surface area (Å²) in [5.74, 6) is 1.67. The number of benzene rings is 1. The molecule has 0 aliphatic carbocycles. The maximum absolute atomic E-state index is 13.1. The number of carbonyl (C=O) groups excluding carboxylic acids is 1. The maximum Gasteiger partial charge on any atom is 0.229 e. The number of amides is 1. The number of piperidine rings is 1. The monoisotopic (exact) mass is 398 g/mol. The maximum atomic E-state index is 13.1. The van der Waals surface area contributed by atoms with Crippen LogP contribution in [0.25, 0.3) is 0 Å². The van der Waals surface area contributed by atoms with Gasteiger partial charge in [0.1, 0.15) is 6.10 Å². The van der Waals surface area contributed by atoms with Crippen molar-refractivity contribution in [2.24, 2.45) is 5.92 Å². The highest BCUT2D eigenvalue weighted by Gasteiger charge is 2.33. The molecule has 3 heterocycles. The predicted molar refractivity (Wildman–Crippen MR) is 108 cm³/mol. The van der Waals surface area contributed by atoms with Crippen molar-refractivity contribution in [3.8, 4) is 0 Å². The molecule has 0 spiro atoms. The molecule has 7 nitrogen and oxygen atoms in total. The Balaban J connectivity index is 1.30. The molecule has 0 saturated carbocycles. The van der Waals surface area contributed by atoms with Gasteiger partial charge in [0.25, 0.3) is 0 Å². The largest absolute Gasteiger partial charge is 0.366 e. The van der Waals surface area contributed by atoms with E-state index in [-0.39, 0.29) is 23.8 Å². The number of ether oxygens (including phenoxy) is 1. The smallest absolute Gasteiger partial charge is 0.229 e. The number of likely N-dealkylation sites (tertiary alicyclic amines) is 1. The van der Waals surface area contributed by atoms with Crippen molar-refractivity contribution in [3.63, 3.8) is 0 Å². The van der Waals surface area contributed by atoms with Crippen LogP contribution in [0.15, 0.2) is 34.9 Å². The Morgan fingerprint density at radius 3 is 2.62 bits per heavy atom. The number of rotatable bonds is 5. The number of hydrogen-bond donors (Lipinski definition) is 0. The molecule has 7 heteroatoms. The summed E-state index contributed by atoms with van der Waals surface area (Å²) in [6.07, 6.45) is 1.52. The van der Waals surface area contributed by atoms with Crippen LogP contribution >= 0.6 is 0 Å². The highest BCUT2D eigenvalue weighted by atomic mass is 16.5. The van der Waals surface area contributed by atoms with Gasteiger partial charge in [-0.05, 0) is 31.5 Å². The van der Waals surface area contributed by atoms with Crippen molar-refractivity contribution in [2.75, 3.05) is 32.8 Å². The topological polar surface area (TPSA) is 71.7 Å². The fourth-order valence-corrected chi connectivity index (χ4v) is 4.06. The molecular formula is C22H30N4O3. The summed E-state index contributed by atoms with van der Waals surface area (Å²) in [7, 11) is 0. The van der Waals surface area contributed by atoms with Gasteiger partial charge in [-0.2, -0.15) is 4.98 Å². The minimum atomic E-state index is -0.304. The van der Waals surface area contributed by atoms with Crippen molar-refractivity contribution in [2.45, 2.75) is 45.3 Å². The lowest BCUT2D eigenvalue weighted by molar-refractivity contribution is -0.145. The van der Waals surface area contributed by atoms with E-state index >= 15 is 0 Å². The molecule has 2 aromatic rings. The van der Waals surface area contributed by atoms with E-state index in [1.165, 1.54) is 5.56 Å². The second-order valence-corrected chi connectivity index (χ2v) is 8.33. The fourth-order valence-electron chi connectivity index (χ4n) is 4.06. The van der Waals surface area contributed by atoms with Gasteiger partial charge >= 0.3 is 0 Å². The van der Waals surface area contributed by atoms with Crippen LogP contribution in [-0.2, 0) is 16.1 Å². The lowest BCUT2D eigenvalue weighted by Gasteiger charge is -2.37. The van der Waals surface area contributed by atoms with Crippen LogP contribution in [0.3, 0.4) is 0 Å². The van der Waals surface area contributed by atoms with Crippen LogP contribution in [0.5, 0.6) is 0 Å². The van der Waals surface area contributed by atoms with Gasteiger partial charge < -0.3 is 14.2 Å². The summed E-state index contributed by atoms with van der Waals surface area (Å²) in [4.78, 5) is 21.9. The normalized spacial score (nSPS) is 21.6. The summed E-state index contributed by atoms with van der Waals surface area (Å²) in [6.45, 7) is 8.54. The second kappa shape index (κ2) is 9.05. The lowest BCUT2D eigenvalue weighted by Crippen LogP contribution is -2.47. The number of aromatic nitrogens is 2. The Morgan fingerprint density at radius 1 is 1.17 bits per heavy atom. The van der Waals surface area contributed by atoms with Crippen LogP contribution in [0, 0.1) is 5.92 Å². The molecule has 2 fully saturated rings. The van der Waals surface area contributed by atoms with E-state index in [4.69, 9.17) is 9.26 Å². The summed E-state index contributed by atoms with van der Waals surface area (Å²) in [5, 5.41) is 4.06. The first-order valence-corrected chi connectivity index (χ1v) is 10.6. The first-order valence-electron chi connectivity index (χ1n) is 10.6. The zero-order valence-electron chi connectivity index (χ0n) is 17.3. The van der Waals surface area contributed by atoms with E-state index in [0.717, 1.165) is 32.5 Å². The van der Waals surface area contributed by atoms with Gasteiger partial charge in [0.2, 0.25) is 17.6 Å². The highest BCUT2D eigenvalue weighted by Crippen LogP contribution is 2.26. The standard InChI is InChI=1S/C22H30N4O3/c1-16(2)21-23-20(24-29-21)19-15-26(12-13-28-19)22(27)18-8-10-25(11-9-18)14-17-6-4-3-5-7-17/h3-7,16,18-19H,8-15H2,1-2H3. The summed E-state index contributed by atoms with van der Waals surface area (Å²) in [5.41, 5.74) is 1.33. The van der Waals surface area contributed by atoms with E-state index in [1.54, 1.807) is 0 Å². The molecular weight excluding hydrogens is 368 g/mol. The van der Waals surface area contributed by atoms with E-state index < -0.39 is 0 Å². The molecule has 1 unspecified atom stereocenters. The Bertz CT molecular complexity index is 799. The third-order valence-electron chi connectivity index (χ3n) is 5.80. The molecule has 4 rings (SSSR count). The Kier molecular flexibility index (Phi) is 6.25. The summed E-state index contributed by atoms with van der Waals surface area (Å²) < 4.78 is 11.1. The molecule has 0 N–H and O–H groups in total. The van der Waals surface area contributed by atoms with Crippen molar-refractivity contribution in [3.05, 3.63) is 47.6 Å². The van der Waals surface area contributed by atoms with Gasteiger partial charge in [-0.3, -0.25) is 9.69 Å². The molecule has 0 bridgehead atoms. The molecule has 2 saturated heterocycles. The van der Waals surface area contributed by atoms with Crippen molar-refractivity contribution in [1.82, 2.24) is 19.9 Å². The molecule has 1 aromatic heterocycles. The van der Waals surface area contributed by atoms with Crippen LogP contribution in [-0.4, -0.2) is 58.6 Å². The average Bonchev–Trinajstić information content (AvgIpc) is 3.25. The Hall–Kier alpha value is -2.25. The van der Waals surface area contributed by atoms with Crippen molar-refractivity contribution < 1.29 is 14.1 Å².